The smallest absolute Gasteiger partial charge is 0.311 e. The molecule has 3 rings (SSSR count). The van der Waals surface area contributed by atoms with E-state index in [0.717, 1.165) is 11.1 Å². The van der Waals surface area contributed by atoms with Gasteiger partial charge in [0.2, 0.25) is 5.91 Å². The summed E-state index contributed by atoms with van der Waals surface area (Å²) in [6.45, 7) is 3.58. The number of hydrogen-bond donors (Lipinski definition) is 2. The van der Waals surface area contributed by atoms with Crippen LogP contribution in [0.4, 0.5) is 21.5 Å². The van der Waals surface area contributed by atoms with Gasteiger partial charge in [-0.1, -0.05) is 0 Å². The largest absolute Gasteiger partial charge is 0.469 e. The van der Waals surface area contributed by atoms with Gasteiger partial charge in [-0.3, -0.25) is 19.3 Å². The van der Waals surface area contributed by atoms with E-state index in [1.165, 1.54) is 42.4 Å². The van der Waals surface area contributed by atoms with Crippen LogP contribution in [0, 0.1) is 19.7 Å². The Morgan fingerprint density at radius 1 is 1.13 bits per heavy atom. The van der Waals surface area contributed by atoms with E-state index < -0.39 is 23.6 Å². The van der Waals surface area contributed by atoms with E-state index in [4.69, 9.17) is 4.74 Å². The van der Waals surface area contributed by atoms with Crippen molar-refractivity contribution in [3.63, 3.8) is 0 Å². The van der Waals surface area contributed by atoms with E-state index in [9.17, 15) is 18.8 Å². The average molecular weight is 411 g/mol. The summed E-state index contributed by atoms with van der Waals surface area (Å²) in [6, 6.07) is 9.03. The molecule has 0 fully saturated rings. The Kier molecular flexibility index (Phi) is 6.15. The van der Waals surface area contributed by atoms with Crippen molar-refractivity contribution in [2.24, 2.45) is 0 Å². The van der Waals surface area contributed by atoms with Gasteiger partial charge in [-0.2, -0.15) is 0 Å². The molecule has 2 N–H and O–H groups in total. The zero-order valence-electron chi connectivity index (χ0n) is 16.9. The summed E-state index contributed by atoms with van der Waals surface area (Å²) in [7, 11) is 1.27. The van der Waals surface area contributed by atoms with E-state index in [1.807, 2.05) is 26.0 Å². The van der Waals surface area contributed by atoms with Crippen molar-refractivity contribution in [2.45, 2.75) is 20.3 Å². The van der Waals surface area contributed by atoms with Crippen LogP contribution >= 0.6 is 0 Å². The third-order valence-electron chi connectivity index (χ3n) is 4.75. The molecule has 1 aliphatic heterocycles. The average Bonchev–Trinajstić information content (AvgIpc) is 2.81. The van der Waals surface area contributed by atoms with E-state index in [2.05, 4.69) is 10.6 Å². The van der Waals surface area contributed by atoms with Crippen LogP contribution in [0.5, 0.6) is 0 Å². The van der Waals surface area contributed by atoms with Gasteiger partial charge in [0.25, 0.3) is 5.91 Å². The molecule has 2 aromatic carbocycles. The Balaban J connectivity index is 1.90. The number of carbonyl (C=O) groups excluding carboxylic acids is 3. The summed E-state index contributed by atoms with van der Waals surface area (Å²) in [5, 5.41) is 5.76. The van der Waals surface area contributed by atoms with Crippen molar-refractivity contribution in [1.82, 2.24) is 0 Å². The van der Waals surface area contributed by atoms with E-state index in [0.29, 0.717) is 22.8 Å². The minimum atomic E-state index is -0.491. The second-order valence-corrected chi connectivity index (χ2v) is 6.98. The fraction of sp³-hybridized carbons (Fsp3) is 0.227. The molecule has 0 bridgehead atoms. The Morgan fingerprint density at radius 2 is 1.80 bits per heavy atom. The quantitative estimate of drug-likeness (QED) is 0.738. The van der Waals surface area contributed by atoms with E-state index in [-0.39, 0.29) is 13.0 Å². The van der Waals surface area contributed by atoms with Gasteiger partial charge >= 0.3 is 5.97 Å². The number of nitrogens with zero attached hydrogens (tertiary/aromatic N) is 1. The molecule has 0 spiro atoms. The third kappa shape index (κ3) is 4.83. The summed E-state index contributed by atoms with van der Waals surface area (Å²) >= 11 is 0. The molecular weight excluding hydrogens is 389 g/mol. The van der Waals surface area contributed by atoms with Gasteiger partial charge in [0.15, 0.2) is 0 Å². The standard InChI is InChI=1S/C22H22FN3O4/c1-13-8-18-19(9-14(13)2)26(21(28)10-17(24-18)11-22(29)30-3)12-20(27)25-16-6-4-15(23)5-7-16/h4-10,24H,11-12H2,1-3H3,(H,25,27). The lowest BCUT2D eigenvalue weighted by Gasteiger charge is -2.23. The minimum absolute atomic E-state index is 0.107. The van der Waals surface area contributed by atoms with Gasteiger partial charge in [0.05, 0.1) is 24.9 Å². The van der Waals surface area contributed by atoms with Gasteiger partial charge in [0.1, 0.15) is 12.4 Å². The van der Waals surface area contributed by atoms with Crippen LogP contribution in [0.25, 0.3) is 0 Å². The molecule has 156 valence electrons. The number of benzene rings is 2. The molecule has 2 amide bonds. The molecule has 2 aromatic rings. The number of ether oxygens (including phenoxy) is 1. The number of aryl methyl sites for hydroxylation is 2. The lowest BCUT2D eigenvalue weighted by atomic mass is 10.1. The molecule has 1 aliphatic rings. The second kappa shape index (κ2) is 8.77. The van der Waals surface area contributed by atoms with Crippen LogP contribution in [0.3, 0.4) is 0 Å². The van der Waals surface area contributed by atoms with Gasteiger partial charge in [-0.05, 0) is 61.4 Å². The highest BCUT2D eigenvalue weighted by atomic mass is 19.1. The fourth-order valence-electron chi connectivity index (χ4n) is 3.04. The summed E-state index contributed by atoms with van der Waals surface area (Å²) in [5.41, 5.74) is 3.86. The van der Waals surface area contributed by atoms with Crippen LogP contribution in [0.1, 0.15) is 17.5 Å². The first-order chi connectivity index (χ1) is 14.3. The molecule has 0 aromatic heterocycles. The molecule has 0 radical (unpaired) electrons. The molecule has 0 unspecified atom stereocenters. The second-order valence-electron chi connectivity index (χ2n) is 6.98. The van der Waals surface area contributed by atoms with Crippen LogP contribution in [-0.2, 0) is 19.1 Å². The van der Waals surface area contributed by atoms with Gasteiger partial charge in [-0.25, -0.2) is 4.39 Å². The van der Waals surface area contributed by atoms with Crippen molar-refractivity contribution in [3.05, 3.63) is 65.1 Å². The highest BCUT2D eigenvalue weighted by molar-refractivity contribution is 6.10. The number of halogens is 1. The fourth-order valence-corrected chi connectivity index (χ4v) is 3.04. The highest BCUT2D eigenvalue weighted by Crippen LogP contribution is 2.33. The zero-order valence-corrected chi connectivity index (χ0v) is 16.9. The lowest BCUT2D eigenvalue weighted by molar-refractivity contribution is -0.139. The third-order valence-corrected chi connectivity index (χ3v) is 4.75. The number of fused-ring (bicyclic) bond motifs is 1. The monoisotopic (exact) mass is 411 g/mol. The Bertz CT molecular complexity index is 1030. The number of methoxy groups -OCH3 is 1. The van der Waals surface area contributed by atoms with Crippen LogP contribution in [-0.4, -0.2) is 31.4 Å². The number of anilines is 3. The molecular formula is C22H22FN3O4. The van der Waals surface area contributed by atoms with E-state index >= 15 is 0 Å². The predicted molar refractivity (Wildman–Crippen MR) is 112 cm³/mol. The molecule has 1 heterocycles. The Labute approximate surface area is 173 Å². The normalized spacial score (nSPS) is 13.0. The molecule has 0 saturated carbocycles. The maximum Gasteiger partial charge on any atom is 0.311 e. The van der Waals surface area contributed by atoms with Crippen LogP contribution < -0.4 is 15.5 Å². The van der Waals surface area contributed by atoms with Crippen molar-refractivity contribution >= 4 is 34.8 Å². The van der Waals surface area contributed by atoms with Crippen molar-refractivity contribution in [1.29, 1.82) is 0 Å². The number of esters is 1. The van der Waals surface area contributed by atoms with Crippen molar-refractivity contribution in [3.8, 4) is 0 Å². The summed E-state index contributed by atoms with van der Waals surface area (Å²) < 4.78 is 17.8. The first-order valence-electron chi connectivity index (χ1n) is 9.29. The first-order valence-corrected chi connectivity index (χ1v) is 9.29. The van der Waals surface area contributed by atoms with Crippen LogP contribution in [0.15, 0.2) is 48.2 Å². The Hall–Kier alpha value is -3.68. The van der Waals surface area contributed by atoms with Gasteiger partial charge in [0, 0.05) is 17.5 Å². The minimum Gasteiger partial charge on any atom is -0.469 e. The zero-order chi connectivity index (χ0) is 21.8. The molecule has 0 saturated heterocycles. The molecule has 7 nitrogen and oxygen atoms in total. The first kappa shape index (κ1) is 21.0. The summed E-state index contributed by atoms with van der Waals surface area (Å²) in [5.74, 6) is -1.79. The molecule has 30 heavy (non-hydrogen) atoms. The number of nitrogens with one attached hydrogen (secondary N) is 2. The highest BCUT2D eigenvalue weighted by Gasteiger charge is 2.26. The van der Waals surface area contributed by atoms with Crippen molar-refractivity contribution < 1.29 is 23.5 Å². The Morgan fingerprint density at radius 3 is 2.47 bits per heavy atom. The van der Waals surface area contributed by atoms with Crippen LogP contribution in [0.2, 0.25) is 0 Å². The predicted octanol–water partition coefficient (Wildman–Crippen LogP) is 3.29. The number of rotatable bonds is 5. The van der Waals surface area contributed by atoms with Crippen molar-refractivity contribution in [2.75, 3.05) is 29.2 Å². The molecule has 0 atom stereocenters. The number of amides is 2. The maximum atomic E-state index is 13.1. The summed E-state index contributed by atoms with van der Waals surface area (Å²) in [4.78, 5) is 38.5. The lowest BCUT2D eigenvalue weighted by Crippen LogP contribution is -2.37. The molecule has 0 aliphatic carbocycles. The van der Waals surface area contributed by atoms with E-state index in [1.54, 1.807) is 0 Å². The van der Waals surface area contributed by atoms with Gasteiger partial charge < -0.3 is 15.4 Å². The maximum absolute atomic E-state index is 13.1. The molecule has 8 heteroatoms. The van der Waals surface area contributed by atoms with Gasteiger partial charge in [-0.15, -0.1) is 0 Å². The SMILES string of the molecule is COC(=O)CC1=CC(=O)N(CC(=O)Nc2ccc(F)cc2)c2cc(C)c(C)cc2N1. The topological polar surface area (TPSA) is 87.7 Å². The number of hydrogen-bond acceptors (Lipinski definition) is 5. The summed E-state index contributed by atoms with van der Waals surface area (Å²) in [6.07, 6.45) is 1.18. The number of carbonyl (C=O) groups is 3.